The average Bonchev–Trinajstić information content (AvgIpc) is 3.27. The largest absolute Gasteiger partial charge is 0.453 e. The summed E-state index contributed by atoms with van der Waals surface area (Å²) in [6.07, 6.45) is 1.70. The molecule has 0 saturated carbocycles. The monoisotopic (exact) mass is 383 g/mol. The third-order valence-electron chi connectivity index (χ3n) is 5.08. The Bertz CT molecular complexity index is 905. The molecule has 0 amide bonds. The van der Waals surface area contributed by atoms with Gasteiger partial charge in [0.25, 0.3) is 0 Å². The number of piperazine rings is 1. The van der Waals surface area contributed by atoms with Crippen molar-refractivity contribution in [1.29, 1.82) is 0 Å². The number of rotatable bonds is 5. The molecule has 0 aliphatic carbocycles. The van der Waals surface area contributed by atoms with Gasteiger partial charge in [0.05, 0.1) is 6.54 Å². The molecule has 0 N–H and O–H groups in total. The lowest BCUT2D eigenvalue weighted by Crippen LogP contribution is -2.51. The van der Waals surface area contributed by atoms with Gasteiger partial charge in [-0.1, -0.05) is 18.2 Å². The van der Waals surface area contributed by atoms with Crippen LogP contribution in [0.1, 0.15) is 18.2 Å². The number of aromatic nitrogens is 3. The van der Waals surface area contributed by atoms with Crippen LogP contribution in [-0.2, 0) is 13.6 Å². The minimum Gasteiger partial charge on any atom is -0.453 e. The van der Waals surface area contributed by atoms with Gasteiger partial charge >= 0.3 is 0 Å². The lowest BCUT2D eigenvalue weighted by molar-refractivity contribution is 0.165. The van der Waals surface area contributed by atoms with Crippen molar-refractivity contribution in [2.45, 2.75) is 36.7 Å². The second-order valence-corrected chi connectivity index (χ2v) is 8.07. The number of aryl methyl sites for hydroxylation is 2. The van der Waals surface area contributed by atoms with Gasteiger partial charge < -0.3 is 13.9 Å². The van der Waals surface area contributed by atoms with Crippen molar-refractivity contribution in [3.05, 3.63) is 54.0 Å². The Balaban J connectivity index is 1.37. The quantitative estimate of drug-likeness (QED) is 0.671. The summed E-state index contributed by atoms with van der Waals surface area (Å²) in [5.74, 6) is 0.996. The number of hydrogen-bond donors (Lipinski definition) is 0. The van der Waals surface area contributed by atoms with Crippen molar-refractivity contribution in [1.82, 2.24) is 19.7 Å². The molecule has 0 radical (unpaired) electrons. The second-order valence-electron chi connectivity index (χ2n) is 7.10. The number of hydrogen-bond acceptors (Lipinski definition) is 6. The maximum atomic E-state index is 6.02. The zero-order valence-corrected chi connectivity index (χ0v) is 16.8. The van der Waals surface area contributed by atoms with E-state index in [2.05, 4.69) is 64.2 Å². The maximum Gasteiger partial charge on any atom is 0.198 e. The summed E-state index contributed by atoms with van der Waals surface area (Å²) in [6.45, 7) is 8.42. The average molecular weight is 384 g/mol. The highest BCUT2D eigenvalue weighted by atomic mass is 32.2. The SMILES string of the molecule is Cc1ccccc1N1CCN(Cc2ccc(Sc3nncn3C)o2)C(C)C1. The highest BCUT2D eigenvalue weighted by molar-refractivity contribution is 7.99. The van der Waals surface area contributed by atoms with E-state index >= 15 is 0 Å². The molecule has 142 valence electrons. The Morgan fingerprint density at radius 1 is 1.19 bits per heavy atom. The van der Waals surface area contributed by atoms with E-state index in [1.54, 1.807) is 6.33 Å². The second kappa shape index (κ2) is 7.78. The topological polar surface area (TPSA) is 50.3 Å². The summed E-state index contributed by atoms with van der Waals surface area (Å²) in [5.41, 5.74) is 2.69. The van der Waals surface area contributed by atoms with Crippen LogP contribution in [0.3, 0.4) is 0 Å². The fraction of sp³-hybridized carbons (Fsp3) is 0.400. The molecule has 0 bridgehead atoms. The summed E-state index contributed by atoms with van der Waals surface area (Å²) in [7, 11) is 1.93. The van der Waals surface area contributed by atoms with Gasteiger partial charge in [-0.15, -0.1) is 10.2 Å². The van der Waals surface area contributed by atoms with Crippen molar-refractivity contribution in [3.63, 3.8) is 0 Å². The lowest BCUT2D eigenvalue weighted by Gasteiger charge is -2.41. The van der Waals surface area contributed by atoms with E-state index in [9.17, 15) is 0 Å². The van der Waals surface area contributed by atoms with Crippen molar-refractivity contribution in [3.8, 4) is 0 Å². The van der Waals surface area contributed by atoms with Crippen LogP contribution in [0.2, 0.25) is 0 Å². The third-order valence-corrected chi connectivity index (χ3v) is 6.05. The van der Waals surface area contributed by atoms with E-state index in [0.717, 1.165) is 42.2 Å². The van der Waals surface area contributed by atoms with Crippen molar-refractivity contribution >= 4 is 17.4 Å². The van der Waals surface area contributed by atoms with Crippen molar-refractivity contribution in [2.24, 2.45) is 7.05 Å². The number of nitrogens with zero attached hydrogens (tertiary/aromatic N) is 5. The molecule has 1 aliphatic rings. The maximum absolute atomic E-state index is 6.02. The number of anilines is 1. The van der Waals surface area contributed by atoms with Crippen molar-refractivity contribution < 1.29 is 4.42 Å². The summed E-state index contributed by atoms with van der Waals surface area (Å²) in [6, 6.07) is 13.2. The molecule has 6 nitrogen and oxygen atoms in total. The van der Waals surface area contributed by atoms with Gasteiger partial charge in [0.2, 0.25) is 0 Å². The lowest BCUT2D eigenvalue weighted by atomic mass is 10.1. The van der Waals surface area contributed by atoms with Crippen LogP contribution in [0.4, 0.5) is 5.69 Å². The Labute approximate surface area is 164 Å². The van der Waals surface area contributed by atoms with Crippen LogP contribution in [0.5, 0.6) is 0 Å². The smallest absolute Gasteiger partial charge is 0.198 e. The van der Waals surface area contributed by atoms with Gasteiger partial charge in [-0.2, -0.15) is 0 Å². The summed E-state index contributed by atoms with van der Waals surface area (Å²) < 4.78 is 7.91. The molecule has 1 fully saturated rings. The summed E-state index contributed by atoms with van der Waals surface area (Å²) >= 11 is 1.50. The van der Waals surface area contributed by atoms with E-state index in [0.29, 0.717) is 6.04 Å². The predicted octanol–water partition coefficient (Wildman–Crippen LogP) is 3.58. The Morgan fingerprint density at radius 2 is 2.04 bits per heavy atom. The highest BCUT2D eigenvalue weighted by Crippen LogP contribution is 2.28. The predicted molar refractivity (Wildman–Crippen MR) is 107 cm³/mol. The van der Waals surface area contributed by atoms with Crippen LogP contribution < -0.4 is 4.90 Å². The number of furan rings is 1. The van der Waals surface area contributed by atoms with Crippen molar-refractivity contribution in [2.75, 3.05) is 24.5 Å². The van der Waals surface area contributed by atoms with Gasteiger partial charge in [0.15, 0.2) is 10.2 Å². The van der Waals surface area contributed by atoms with Gasteiger partial charge in [0, 0.05) is 38.4 Å². The van der Waals surface area contributed by atoms with Crippen LogP contribution in [0, 0.1) is 6.92 Å². The molecular formula is C20H25N5OS. The van der Waals surface area contributed by atoms with E-state index in [1.807, 2.05) is 17.7 Å². The molecule has 1 aliphatic heterocycles. The normalized spacial score (nSPS) is 18.2. The summed E-state index contributed by atoms with van der Waals surface area (Å²) in [4.78, 5) is 4.98. The first-order valence-corrected chi connectivity index (χ1v) is 10.1. The Kier molecular flexibility index (Phi) is 5.22. The Morgan fingerprint density at radius 3 is 2.78 bits per heavy atom. The van der Waals surface area contributed by atoms with Crippen LogP contribution in [0.15, 0.2) is 57.4 Å². The molecule has 7 heteroatoms. The van der Waals surface area contributed by atoms with Crippen LogP contribution in [-0.4, -0.2) is 45.3 Å². The van der Waals surface area contributed by atoms with Gasteiger partial charge in [-0.25, -0.2) is 0 Å². The highest BCUT2D eigenvalue weighted by Gasteiger charge is 2.25. The van der Waals surface area contributed by atoms with Gasteiger partial charge in [-0.3, -0.25) is 4.90 Å². The molecule has 0 spiro atoms. The van der Waals surface area contributed by atoms with E-state index < -0.39 is 0 Å². The molecule has 1 saturated heterocycles. The van der Waals surface area contributed by atoms with Crippen LogP contribution >= 0.6 is 11.8 Å². The standard InChI is InChI=1S/C20H25N5OS/c1-15-6-4-5-7-18(15)25-11-10-24(16(2)12-25)13-17-8-9-19(26-17)27-20-22-21-14-23(20)3/h4-9,14,16H,10-13H2,1-3H3. The number of para-hydroxylation sites is 1. The first-order chi connectivity index (χ1) is 13.1. The molecule has 27 heavy (non-hydrogen) atoms. The first kappa shape index (κ1) is 18.1. The van der Waals surface area contributed by atoms with E-state index in [4.69, 9.17) is 4.42 Å². The van der Waals surface area contributed by atoms with E-state index in [1.165, 1.54) is 23.0 Å². The van der Waals surface area contributed by atoms with E-state index in [-0.39, 0.29) is 0 Å². The fourth-order valence-electron chi connectivity index (χ4n) is 3.52. The molecule has 3 aromatic rings. The Hall–Kier alpha value is -2.25. The van der Waals surface area contributed by atoms with Crippen LogP contribution in [0.25, 0.3) is 0 Å². The molecule has 1 atom stereocenters. The summed E-state index contributed by atoms with van der Waals surface area (Å²) in [5, 5.41) is 9.68. The minimum atomic E-state index is 0.471. The molecular weight excluding hydrogens is 358 g/mol. The minimum absolute atomic E-state index is 0.471. The van der Waals surface area contributed by atoms with Gasteiger partial charge in [-0.05, 0) is 49.4 Å². The zero-order valence-electron chi connectivity index (χ0n) is 16.0. The first-order valence-electron chi connectivity index (χ1n) is 9.25. The fourth-order valence-corrected chi connectivity index (χ4v) is 4.26. The molecule has 1 aromatic carbocycles. The van der Waals surface area contributed by atoms with Gasteiger partial charge in [0.1, 0.15) is 12.1 Å². The molecule has 2 aromatic heterocycles. The molecule has 1 unspecified atom stereocenters. The third kappa shape index (κ3) is 4.04. The number of benzene rings is 1. The molecule has 3 heterocycles. The molecule has 4 rings (SSSR count). The zero-order chi connectivity index (χ0) is 18.8.